The van der Waals surface area contributed by atoms with Gasteiger partial charge in [0, 0.05) is 11.6 Å². The van der Waals surface area contributed by atoms with Gasteiger partial charge in [-0.3, -0.25) is 4.79 Å². The molecule has 0 saturated carbocycles. The number of amides is 1. The molecule has 0 unspecified atom stereocenters. The average Bonchev–Trinajstić information content (AvgIpc) is 3.09. The Morgan fingerprint density at radius 1 is 1.21 bits per heavy atom. The Kier molecular flexibility index (Phi) is 4.47. The van der Waals surface area contributed by atoms with Gasteiger partial charge in [-0.15, -0.1) is 0 Å². The zero-order valence-corrected chi connectivity index (χ0v) is 13.1. The number of carbonyl (C=O) groups is 1. The Labute approximate surface area is 138 Å². The number of oxazole rings is 1. The van der Waals surface area contributed by atoms with Gasteiger partial charge >= 0.3 is 0 Å². The van der Waals surface area contributed by atoms with E-state index >= 15 is 0 Å². The topological polar surface area (TPSA) is 87.6 Å². The molecule has 1 aromatic heterocycles. The lowest BCUT2D eigenvalue weighted by molar-refractivity contribution is 0.0996. The molecule has 0 fully saturated rings. The first-order chi connectivity index (χ1) is 11.7. The molecule has 0 spiro atoms. The number of hydrogen-bond donors (Lipinski definition) is 1. The van der Waals surface area contributed by atoms with Crippen molar-refractivity contribution in [2.75, 3.05) is 7.11 Å². The van der Waals surface area contributed by atoms with E-state index in [2.05, 4.69) is 4.98 Å². The first-order valence-corrected chi connectivity index (χ1v) is 7.28. The van der Waals surface area contributed by atoms with Crippen LogP contribution >= 0.6 is 0 Å². The third kappa shape index (κ3) is 3.38. The van der Waals surface area contributed by atoms with Crippen molar-refractivity contribution >= 4 is 5.91 Å². The summed E-state index contributed by atoms with van der Waals surface area (Å²) in [6.07, 6.45) is 1.52. The summed E-state index contributed by atoms with van der Waals surface area (Å²) in [6, 6.07) is 14.4. The molecule has 122 valence electrons. The van der Waals surface area contributed by atoms with Crippen LogP contribution in [0.4, 0.5) is 0 Å². The van der Waals surface area contributed by atoms with E-state index in [-0.39, 0.29) is 12.2 Å². The molecule has 3 aromatic rings. The number of ether oxygens (including phenoxy) is 2. The molecule has 0 radical (unpaired) electrons. The fourth-order valence-electron chi connectivity index (χ4n) is 2.19. The van der Waals surface area contributed by atoms with Gasteiger partial charge in [-0.25, -0.2) is 4.98 Å². The van der Waals surface area contributed by atoms with E-state index in [1.165, 1.54) is 13.4 Å². The number of carbonyl (C=O) groups excluding carboxylic acids is 1. The van der Waals surface area contributed by atoms with Crippen molar-refractivity contribution in [3.63, 3.8) is 0 Å². The summed E-state index contributed by atoms with van der Waals surface area (Å²) in [7, 11) is 1.53. The Morgan fingerprint density at radius 2 is 2.00 bits per heavy atom. The maximum Gasteiger partial charge on any atom is 0.252 e. The molecule has 3 rings (SSSR count). The van der Waals surface area contributed by atoms with Gasteiger partial charge in [0.05, 0.1) is 12.7 Å². The number of methoxy groups -OCH3 is 1. The van der Waals surface area contributed by atoms with E-state index in [4.69, 9.17) is 19.6 Å². The van der Waals surface area contributed by atoms with Gasteiger partial charge in [0.25, 0.3) is 5.91 Å². The number of benzene rings is 2. The van der Waals surface area contributed by atoms with E-state index in [0.29, 0.717) is 23.1 Å². The largest absolute Gasteiger partial charge is 0.497 e. The molecule has 0 aliphatic rings. The zero-order valence-electron chi connectivity index (χ0n) is 13.1. The smallest absolute Gasteiger partial charge is 0.252 e. The van der Waals surface area contributed by atoms with Crippen LogP contribution in [0, 0.1) is 0 Å². The lowest BCUT2D eigenvalue weighted by atomic mass is 10.2. The van der Waals surface area contributed by atoms with Crippen LogP contribution in [0.2, 0.25) is 0 Å². The van der Waals surface area contributed by atoms with Crippen LogP contribution in [0.3, 0.4) is 0 Å². The van der Waals surface area contributed by atoms with Crippen LogP contribution in [-0.2, 0) is 6.61 Å². The van der Waals surface area contributed by atoms with Crippen molar-refractivity contribution in [3.8, 4) is 23.0 Å². The first-order valence-electron chi connectivity index (χ1n) is 7.28. The van der Waals surface area contributed by atoms with Crippen molar-refractivity contribution in [2.24, 2.45) is 5.73 Å². The van der Waals surface area contributed by atoms with Crippen molar-refractivity contribution in [1.29, 1.82) is 0 Å². The third-order valence-corrected chi connectivity index (χ3v) is 3.40. The van der Waals surface area contributed by atoms with E-state index in [1.807, 2.05) is 30.3 Å². The number of primary amides is 1. The Morgan fingerprint density at radius 3 is 2.71 bits per heavy atom. The quantitative estimate of drug-likeness (QED) is 0.753. The van der Waals surface area contributed by atoms with Crippen LogP contribution in [0.5, 0.6) is 11.5 Å². The zero-order chi connectivity index (χ0) is 16.9. The van der Waals surface area contributed by atoms with E-state index < -0.39 is 5.91 Å². The van der Waals surface area contributed by atoms with Gasteiger partial charge in [-0.1, -0.05) is 18.2 Å². The predicted octanol–water partition coefficient (Wildman–Crippen LogP) is 3.03. The summed E-state index contributed by atoms with van der Waals surface area (Å²) in [5, 5.41) is 0. The fourth-order valence-corrected chi connectivity index (χ4v) is 2.19. The highest BCUT2D eigenvalue weighted by atomic mass is 16.5. The van der Waals surface area contributed by atoms with Crippen molar-refractivity contribution < 1.29 is 18.7 Å². The summed E-state index contributed by atoms with van der Waals surface area (Å²) >= 11 is 0. The van der Waals surface area contributed by atoms with Gasteiger partial charge in [0.1, 0.15) is 30.1 Å². The third-order valence-electron chi connectivity index (χ3n) is 3.40. The van der Waals surface area contributed by atoms with E-state index in [1.54, 1.807) is 18.2 Å². The first kappa shape index (κ1) is 15.6. The fraction of sp³-hybridized carbons (Fsp3) is 0.111. The highest BCUT2D eigenvalue weighted by molar-refractivity contribution is 5.95. The molecule has 0 atom stereocenters. The SMILES string of the molecule is COc1ccc(C(N)=O)c(OCc2coc(-c3ccccc3)n2)c1. The molecule has 0 aliphatic carbocycles. The molecule has 2 N–H and O–H groups in total. The number of rotatable bonds is 6. The minimum atomic E-state index is -0.571. The second kappa shape index (κ2) is 6.87. The molecule has 24 heavy (non-hydrogen) atoms. The summed E-state index contributed by atoms with van der Waals surface area (Å²) < 4.78 is 16.3. The van der Waals surface area contributed by atoms with E-state index in [9.17, 15) is 4.79 Å². The Balaban J connectivity index is 1.77. The molecular weight excluding hydrogens is 308 g/mol. The molecule has 0 bridgehead atoms. The Bertz CT molecular complexity index is 843. The minimum absolute atomic E-state index is 0.143. The molecule has 6 nitrogen and oxygen atoms in total. The normalized spacial score (nSPS) is 10.4. The van der Waals surface area contributed by atoms with Gasteiger partial charge in [-0.2, -0.15) is 0 Å². The lowest BCUT2D eigenvalue weighted by Gasteiger charge is -2.10. The van der Waals surface area contributed by atoms with Crippen molar-refractivity contribution in [2.45, 2.75) is 6.61 Å². The molecule has 0 saturated heterocycles. The maximum atomic E-state index is 11.5. The molecular formula is C18H16N2O4. The molecule has 1 amide bonds. The maximum absolute atomic E-state index is 11.5. The predicted molar refractivity (Wildman–Crippen MR) is 87.8 cm³/mol. The number of aromatic nitrogens is 1. The van der Waals surface area contributed by atoms with Crippen LogP contribution in [0.25, 0.3) is 11.5 Å². The molecule has 1 heterocycles. The summed E-state index contributed by atoms with van der Waals surface area (Å²) in [5.74, 6) is 0.846. The number of hydrogen-bond acceptors (Lipinski definition) is 5. The highest BCUT2D eigenvalue weighted by Crippen LogP contribution is 2.26. The monoisotopic (exact) mass is 324 g/mol. The molecule has 0 aliphatic heterocycles. The average molecular weight is 324 g/mol. The summed E-state index contributed by atoms with van der Waals surface area (Å²) in [4.78, 5) is 15.9. The van der Waals surface area contributed by atoms with Gasteiger partial charge in [-0.05, 0) is 24.3 Å². The van der Waals surface area contributed by atoms with Crippen molar-refractivity contribution in [1.82, 2.24) is 4.98 Å². The number of nitrogens with zero attached hydrogens (tertiary/aromatic N) is 1. The van der Waals surface area contributed by atoms with Gasteiger partial charge < -0.3 is 19.6 Å². The van der Waals surface area contributed by atoms with Crippen LogP contribution in [0.1, 0.15) is 16.1 Å². The van der Waals surface area contributed by atoms with Crippen LogP contribution in [-0.4, -0.2) is 18.0 Å². The molecule has 2 aromatic carbocycles. The van der Waals surface area contributed by atoms with Gasteiger partial charge in [0.2, 0.25) is 5.89 Å². The second-order valence-corrected chi connectivity index (χ2v) is 5.03. The second-order valence-electron chi connectivity index (χ2n) is 5.03. The lowest BCUT2D eigenvalue weighted by Crippen LogP contribution is -2.13. The van der Waals surface area contributed by atoms with Crippen LogP contribution < -0.4 is 15.2 Å². The van der Waals surface area contributed by atoms with Gasteiger partial charge in [0.15, 0.2) is 0 Å². The van der Waals surface area contributed by atoms with E-state index in [0.717, 1.165) is 5.56 Å². The highest BCUT2D eigenvalue weighted by Gasteiger charge is 2.13. The summed E-state index contributed by atoms with van der Waals surface area (Å²) in [6.45, 7) is 0.143. The minimum Gasteiger partial charge on any atom is -0.497 e. The number of nitrogens with two attached hydrogens (primary N) is 1. The Hall–Kier alpha value is -3.28. The molecule has 6 heteroatoms. The van der Waals surface area contributed by atoms with Crippen molar-refractivity contribution in [3.05, 3.63) is 66.1 Å². The standard InChI is InChI=1S/C18H16N2O4/c1-22-14-7-8-15(17(19)21)16(9-14)23-10-13-11-24-18(20-13)12-5-3-2-4-6-12/h2-9,11H,10H2,1H3,(H2,19,21). The van der Waals surface area contributed by atoms with Crippen LogP contribution in [0.15, 0.2) is 59.2 Å². The summed E-state index contributed by atoms with van der Waals surface area (Å²) in [5.41, 5.74) is 7.12.